The van der Waals surface area contributed by atoms with Gasteiger partial charge >= 0.3 is 5.97 Å². The Hall–Kier alpha value is -1.81. The molecule has 0 spiro atoms. The topological polar surface area (TPSA) is 38.7 Å². The Morgan fingerprint density at radius 2 is 1.77 bits per heavy atom. The van der Waals surface area contributed by atoms with Crippen molar-refractivity contribution in [1.29, 1.82) is 0 Å². The second kappa shape index (κ2) is 6.13. The molecule has 0 atom stereocenters. The lowest BCUT2D eigenvalue weighted by atomic mass is 10.2. The molecule has 0 unspecified atom stereocenters. The summed E-state index contributed by atoms with van der Waals surface area (Å²) in [6, 6.07) is 12.0. The van der Waals surface area contributed by atoms with Crippen LogP contribution in [-0.2, 0) is 9.53 Å². The van der Waals surface area contributed by atoms with Crippen molar-refractivity contribution in [3.63, 3.8) is 0 Å². The van der Waals surface area contributed by atoms with E-state index >= 15 is 0 Å². The molecule has 1 heterocycles. The van der Waals surface area contributed by atoms with Crippen LogP contribution in [0.3, 0.4) is 0 Å². The lowest BCUT2D eigenvalue weighted by Crippen LogP contribution is -2.05. The number of carbonyl (C=O) groups excluding carboxylic acids is 1. The normalized spacial score (nSPS) is 15.9. The Morgan fingerprint density at radius 1 is 1.00 bits per heavy atom. The van der Waals surface area contributed by atoms with Crippen molar-refractivity contribution in [2.75, 3.05) is 0 Å². The molecule has 0 saturated carbocycles. The van der Waals surface area contributed by atoms with E-state index in [4.69, 9.17) is 39.5 Å². The molecule has 3 nitrogen and oxygen atoms in total. The first-order chi connectivity index (χ1) is 10.5. The Morgan fingerprint density at radius 3 is 2.50 bits per heavy atom. The van der Waals surface area contributed by atoms with Gasteiger partial charge in [0, 0.05) is 10.0 Å². The average Bonchev–Trinajstić information content (AvgIpc) is 2.83. The number of hydrogen-bond donors (Lipinski definition) is 0. The van der Waals surface area contributed by atoms with Gasteiger partial charge in [0.2, 0.25) is 5.90 Å². The SMILES string of the molecule is O=C1OC(c2ccccc2Cl)=N/C1=C/c1ccc(Cl)cc1Cl. The van der Waals surface area contributed by atoms with Crippen LogP contribution in [0.4, 0.5) is 0 Å². The van der Waals surface area contributed by atoms with Crippen LogP contribution in [0.25, 0.3) is 6.08 Å². The lowest BCUT2D eigenvalue weighted by molar-refractivity contribution is -0.129. The third-order valence-electron chi connectivity index (χ3n) is 2.98. The van der Waals surface area contributed by atoms with Crippen molar-refractivity contribution in [3.05, 3.63) is 74.4 Å². The molecule has 22 heavy (non-hydrogen) atoms. The van der Waals surface area contributed by atoms with E-state index in [0.29, 0.717) is 26.2 Å². The number of halogens is 3. The van der Waals surface area contributed by atoms with Gasteiger partial charge in [0.15, 0.2) is 5.70 Å². The molecular formula is C16H8Cl3NO2. The maximum Gasteiger partial charge on any atom is 0.363 e. The van der Waals surface area contributed by atoms with E-state index in [2.05, 4.69) is 4.99 Å². The highest BCUT2D eigenvalue weighted by molar-refractivity contribution is 6.36. The number of hydrogen-bond acceptors (Lipinski definition) is 3. The molecule has 0 radical (unpaired) electrons. The number of carbonyl (C=O) groups is 1. The van der Waals surface area contributed by atoms with Crippen molar-refractivity contribution in [2.45, 2.75) is 0 Å². The lowest BCUT2D eigenvalue weighted by Gasteiger charge is -2.00. The number of cyclic esters (lactones) is 1. The monoisotopic (exact) mass is 351 g/mol. The first kappa shape index (κ1) is 15.1. The number of ether oxygens (including phenoxy) is 1. The molecule has 0 amide bonds. The molecule has 1 aliphatic heterocycles. The molecule has 1 aliphatic rings. The van der Waals surface area contributed by atoms with E-state index in [0.717, 1.165) is 0 Å². The van der Waals surface area contributed by atoms with E-state index in [9.17, 15) is 4.79 Å². The van der Waals surface area contributed by atoms with Gasteiger partial charge in [-0.2, -0.15) is 0 Å². The van der Waals surface area contributed by atoms with Crippen molar-refractivity contribution in [3.8, 4) is 0 Å². The first-order valence-corrected chi connectivity index (χ1v) is 7.40. The van der Waals surface area contributed by atoms with Crippen molar-refractivity contribution < 1.29 is 9.53 Å². The number of nitrogens with zero attached hydrogens (tertiary/aromatic N) is 1. The number of esters is 1. The van der Waals surface area contributed by atoms with Gasteiger partial charge in [-0.05, 0) is 35.9 Å². The van der Waals surface area contributed by atoms with Gasteiger partial charge in [0.05, 0.1) is 10.6 Å². The van der Waals surface area contributed by atoms with Gasteiger partial charge in [-0.3, -0.25) is 0 Å². The summed E-state index contributed by atoms with van der Waals surface area (Å²) in [5, 5.41) is 1.40. The van der Waals surface area contributed by atoms with E-state index in [1.165, 1.54) is 0 Å². The summed E-state index contributed by atoms with van der Waals surface area (Å²) in [5.41, 5.74) is 1.34. The van der Waals surface area contributed by atoms with Gasteiger partial charge in [-0.15, -0.1) is 0 Å². The summed E-state index contributed by atoms with van der Waals surface area (Å²) in [4.78, 5) is 16.1. The summed E-state index contributed by atoms with van der Waals surface area (Å²) in [7, 11) is 0. The minimum Gasteiger partial charge on any atom is -0.402 e. The highest BCUT2D eigenvalue weighted by Crippen LogP contribution is 2.27. The third kappa shape index (κ3) is 3.02. The zero-order valence-electron chi connectivity index (χ0n) is 11.0. The second-order valence-electron chi connectivity index (χ2n) is 4.48. The van der Waals surface area contributed by atoms with E-state index in [-0.39, 0.29) is 11.6 Å². The molecule has 0 N–H and O–H groups in total. The standard InChI is InChI=1S/C16H8Cl3NO2/c17-10-6-5-9(13(19)8-10)7-14-16(21)22-15(20-14)11-3-1-2-4-12(11)18/h1-8H/b14-7+. The van der Waals surface area contributed by atoms with Crippen LogP contribution < -0.4 is 0 Å². The molecular weight excluding hydrogens is 345 g/mol. The Balaban J connectivity index is 2.00. The molecule has 2 aromatic carbocycles. The predicted molar refractivity (Wildman–Crippen MR) is 88.5 cm³/mol. The van der Waals surface area contributed by atoms with E-state index in [1.54, 1.807) is 48.5 Å². The zero-order chi connectivity index (χ0) is 15.7. The molecule has 2 aromatic rings. The first-order valence-electron chi connectivity index (χ1n) is 6.27. The van der Waals surface area contributed by atoms with E-state index in [1.807, 2.05) is 0 Å². The second-order valence-corrected chi connectivity index (χ2v) is 5.73. The van der Waals surface area contributed by atoms with Gasteiger partial charge in [0.1, 0.15) is 0 Å². The molecule has 0 bridgehead atoms. The molecule has 0 aromatic heterocycles. The molecule has 0 aliphatic carbocycles. The Bertz CT molecular complexity index is 828. The maximum atomic E-state index is 11.9. The van der Waals surface area contributed by atoms with Gasteiger partial charge in [-0.25, -0.2) is 9.79 Å². The highest BCUT2D eigenvalue weighted by atomic mass is 35.5. The number of benzene rings is 2. The minimum absolute atomic E-state index is 0.152. The fourth-order valence-electron chi connectivity index (χ4n) is 1.92. The van der Waals surface area contributed by atoms with Crippen molar-refractivity contribution >= 4 is 52.7 Å². The van der Waals surface area contributed by atoms with Crippen LogP contribution in [0.5, 0.6) is 0 Å². The Kier molecular flexibility index (Phi) is 4.21. The molecule has 0 fully saturated rings. The van der Waals surface area contributed by atoms with Crippen LogP contribution in [-0.4, -0.2) is 11.9 Å². The zero-order valence-corrected chi connectivity index (χ0v) is 13.3. The Labute approximate surface area is 141 Å². The number of rotatable bonds is 2. The molecule has 0 saturated heterocycles. The van der Waals surface area contributed by atoms with Crippen LogP contribution in [0.2, 0.25) is 15.1 Å². The molecule has 110 valence electrons. The van der Waals surface area contributed by atoms with Crippen LogP contribution in [0.15, 0.2) is 53.2 Å². The van der Waals surface area contributed by atoms with Crippen molar-refractivity contribution in [2.24, 2.45) is 4.99 Å². The fourth-order valence-corrected chi connectivity index (χ4v) is 2.60. The summed E-state index contributed by atoms with van der Waals surface area (Å²) >= 11 is 18.0. The van der Waals surface area contributed by atoms with Gasteiger partial charge < -0.3 is 4.74 Å². The van der Waals surface area contributed by atoms with Gasteiger partial charge in [0.25, 0.3) is 0 Å². The van der Waals surface area contributed by atoms with Crippen molar-refractivity contribution in [1.82, 2.24) is 0 Å². The summed E-state index contributed by atoms with van der Waals surface area (Å²) in [6.07, 6.45) is 1.55. The molecule has 6 heteroatoms. The van der Waals surface area contributed by atoms with Crippen LogP contribution in [0.1, 0.15) is 11.1 Å². The smallest absolute Gasteiger partial charge is 0.363 e. The minimum atomic E-state index is -0.555. The fraction of sp³-hybridized carbons (Fsp3) is 0. The summed E-state index contributed by atoms with van der Waals surface area (Å²) in [5.74, 6) is -0.382. The molecule has 3 rings (SSSR count). The summed E-state index contributed by atoms with van der Waals surface area (Å²) < 4.78 is 5.17. The summed E-state index contributed by atoms with van der Waals surface area (Å²) in [6.45, 7) is 0. The number of aliphatic imine (C=N–C) groups is 1. The highest BCUT2D eigenvalue weighted by Gasteiger charge is 2.25. The van der Waals surface area contributed by atoms with Crippen LogP contribution in [0, 0.1) is 0 Å². The third-order valence-corrected chi connectivity index (χ3v) is 3.87. The largest absolute Gasteiger partial charge is 0.402 e. The van der Waals surface area contributed by atoms with E-state index < -0.39 is 5.97 Å². The predicted octanol–water partition coefficient (Wildman–Crippen LogP) is 4.99. The van der Waals surface area contributed by atoms with Crippen LogP contribution >= 0.6 is 34.8 Å². The average molecular weight is 353 g/mol. The van der Waals surface area contributed by atoms with Gasteiger partial charge in [-0.1, -0.05) is 53.0 Å². The quantitative estimate of drug-likeness (QED) is 0.564. The maximum absolute atomic E-state index is 11.9.